The summed E-state index contributed by atoms with van der Waals surface area (Å²) in [6.45, 7) is 6.74. The van der Waals surface area contributed by atoms with Gasteiger partial charge in [0.05, 0.1) is 5.56 Å². The van der Waals surface area contributed by atoms with Gasteiger partial charge in [0, 0.05) is 29.8 Å². The summed E-state index contributed by atoms with van der Waals surface area (Å²) in [5.41, 5.74) is 0.270. The van der Waals surface area contributed by atoms with Crippen LogP contribution in [-0.2, 0) is 10.9 Å². The number of hydrogen-bond donors (Lipinski definition) is 1. The van der Waals surface area contributed by atoms with E-state index in [0.29, 0.717) is 29.8 Å². The third-order valence-corrected chi connectivity index (χ3v) is 4.10. The minimum absolute atomic E-state index is 0.338. The molecule has 138 valence electrons. The van der Waals surface area contributed by atoms with E-state index in [1.165, 1.54) is 6.07 Å². The van der Waals surface area contributed by atoms with Crippen molar-refractivity contribution < 1.29 is 22.7 Å². The molecule has 1 aliphatic rings. The van der Waals surface area contributed by atoms with Crippen LogP contribution >= 0.6 is 15.9 Å². The average molecular weight is 421 g/mol. The monoisotopic (exact) mass is 420 g/mol. The lowest BCUT2D eigenvalue weighted by Crippen LogP contribution is -2.35. The average Bonchev–Trinajstić information content (AvgIpc) is 2.92. The second kappa shape index (κ2) is 7.27. The molecule has 1 aromatic rings. The summed E-state index contributed by atoms with van der Waals surface area (Å²) in [5, 5.41) is 3.08. The van der Waals surface area contributed by atoms with Crippen LogP contribution < -0.4 is 5.32 Å². The number of ether oxygens (including phenoxy) is 1. The molecule has 8 heteroatoms. The number of rotatable bonds is 3. The first-order valence-corrected chi connectivity index (χ1v) is 8.51. The van der Waals surface area contributed by atoms with Gasteiger partial charge in [0.2, 0.25) is 0 Å². The number of anilines is 1. The Morgan fingerprint density at radius 2 is 2.00 bits per heavy atom. The van der Waals surface area contributed by atoms with Gasteiger partial charge < -0.3 is 15.0 Å². The summed E-state index contributed by atoms with van der Waals surface area (Å²) in [5.74, 6) is 0. The van der Waals surface area contributed by atoms with Crippen LogP contribution in [0.2, 0.25) is 0 Å². The van der Waals surface area contributed by atoms with Gasteiger partial charge in [0.1, 0.15) is 5.60 Å². The summed E-state index contributed by atoms with van der Waals surface area (Å²) in [6, 6.07) is 3.45. The Kier molecular flexibility index (Phi) is 5.71. The lowest BCUT2D eigenvalue weighted by Gasteiger charge is -2.24. The molecule has 0 atom stereocenters. The third-order valence-electron chi connectivity index (χ3n) is 3.45. The van der Waals surface area contributed by atoms with Crippen molar-refractivity contribution in [3.8, 4) is 0 Å². The Morgan fingerprint density at radius 3 is 2.56 bits per heavy atom. The van der Waals surface area contributed by atoms with Crippen molar-refractivity contribution in [2.45, 2.75) is 32.5 Å². The first-order chi connectivity index (χ1) is 11.5. The zero-order chi connectivity index (χ0) is 18.8. The molecular formula is C17H20BrF3N2O2. The number of carbonyl (C=O) groups is 1. The Bertz CT molecular complexity index is 681. The first-order valence-electron chi connectivity index (χ1n) is 7.72. The molecule has 0 saturated carbocycles. The molecule has 1 N–H and O–H groups in total. The van der Waals surface area contributed by atoms with Crippen molar-refractivity contribution in [2.75, 3.05) is 25.0 Å². The summed E-state index contributed by atoms with van der Waals surface area (Å²) in [6.07, 6.45) is -2.84. The van der Waals surface area contributed by atoms with Crippen molar-refractivity contribution in [2.24, 2.45) is 0 Å². The number of halogens is 4. The Balaban J connectivity index is 1.90. The molecule has 1 amide bonds. The number of carbonyl (C=O) groups excluding carboxylic acids is 1. The molecule has 1 aromatic carbocycles. The molecule has 0 spiro atoms. The van der Waals surface area contributed by atoms with Crippen molar-refractivity contribution in [3.63, 3.8) is 0 Å². The SMILES string of the molecule is CC(C)(C)OC(=O)N1CC=C(CNc2ccc(C(F)(F)F)cc2Br)C1. The van der Waals surface area contributed by atoms with E-state index in [1.807, 2.05) is 6.08 Å². The standard InChI is InChI=1S/C17H20BrF3N2O2/c1-16(2,3)25-15(24)23-7-6-11(10-23)9-22-14-5-4-12(8-13(14)18)17(19,20)21/h4-6,8,22H,7,9-10H2,1-3H3. The maximum Gasteiger partial charge on any atom is 0.416 e. The molecule has 0 aliphatic carbocycles. The highest BCUT2D eigenvalue weighted by Gasteiger charge is 2.31. The van der Waals surface area contributed by atoms with Crippen molar-refractivity contribution in [3.05, 3.63) is 39.9 Å². The fourth-order valence-corrected chi connectivity index (χ4v) is 2.77. The van der Waals surface area contributed by atoms with E-state index in [1.54, 1.807) is 25.7 Å². The topological polar surface area (TPSA) is 41.6 Å². The fourth-order valence-electron chi connectivity index (χ4n) is 2.25. The fraction of sp³-hybridized carbons (Fsp3) is 0.471. The second-order valence-corrected chi connectivity index (χ2v) is 7.62. The van der Waals surface area contributed by atoms with Gasteiger partial charge in [-0.2, -0.15) is 13.2 Å². The van der Waals surface area contributed by atoms with Crippen LogP contribution in [0, 0.1) is 0 Å². The number of alkyl halides is 3. The molecule has 0 saturated heterocycles. The quantitative estimate of drug-likeness (QED) is 0.695. The van der Waals surface area contributed by atoms with Crippen molar-refractivity contribution in [1.82, 2.24) is 4.90 Å². The highest BCUT2D eigenvalue weighted by molar-refractivity contribution is 9.10. The van der Waals surface area contributed by atoms with Crippen molar-refractivity contribution in [1.29, 1.82) is 0 Å². The van der Waals surface area contributed by atoms with Gasteiger partial charge in [0.15, 0.2) is 0 Å². The highest BCUT2D eigenvalue weighted by Crippen LogP contribution is 2.34. The van der Waals surface area contributed by atoms with Crippen LogP contribution in [0.4, 0.5) is 23.7 Å². The largest absolute Gasteiger partial charge is 0.444 e. The highest BCUT2D eigenvalue weighted by atomic mass is 79.9. The maximum atomic E-state index is 12.7. The molecule has 0 unspecified atom stereocenters. The van der Waals surface area contributed by atoms with Gasteiger partial charge >= 0.3 is 12.3 Å². The predicted octanol–water partition coefficient (Wildman–Crippen LogP) is 5.06. The van der Waals surface area contributed by atoms with Crippen LogP contribution in [0.1, 0.15) is 26.3 Å². The molecule has 0 bridgehead atoms. The summed E-state index contributed by atoms with van der Waals surface area (Å²) < 4.78 is 43.7. The van der Waals surface area contributed by atoms with Gasteiger partial charge in [-0.15, -0.1) is 0 Å². The zero-order valence-electron chi connectivity index (χ0n) is 14.2. The van der Waals surface area contributed by atoms with Gasteiger partial charge in [-0.3, -0.25) is 0 Å². The predicted molar refractivity (Wildman–Crippen MR) is 93.5 cm³/mol. The third kappa shape index (κ3) is 5.66. The molecule has 2 rings (SSSR count). The van der Waals surface area contributed by atoms with Crippen molar-refractivity contribution >= 4 is 27.7 Å². The summed E-state index contributed by atoms with van der Waals surface area (Å²) in [7, 11) is 0. The van der Waals surface area contributed by atoms with Crippen LogP contribution in [0.15, 0.2) is 34.3 Å². The molecule has 4 nitrogen and oxygen atoms in total. The minimum atomic E-state index is -4.37. The Labute approximate surface area is 153 Å². The van der Waals surface area contributed by atoms with E-state index in [9.17, 15) is 18.0 Å². The van der Waals surface area contributed by atoms with E-state index >= 15 is 0 Å². The summed E-state index contributed by atoms with van der Waals surface area (Å²) in [4.78, 5) is 13.6. The maximum absolute atomic E-state index is 12.7. The molecule has 0 aromatic heterocycles. The van der Waals surface area contributed by atoms with Crippen LogP contribution in [0.5, 0.6) is 0 Å². The molecule has 0 radical (unpaired) electrons. The number of nitrogens with one attached hydrogen (secondary N) is 1. The Morgan fingerprint density at radius 1 is 1.32 bits per heavy atom. The van der Waals surface area contributed by atoms with Crippen LogP contribution in [0.25, 0.3) is 0 Å². The number of amides is 1. The molecular weight excluding hydrogens is 401 g/mol. The van der Waals surface area contributed by atoms with Gasteiger partial charge in [0.25, 0.3) is 0 Å². The van der Waals surface area contributed by atoms with E-state index in [-0.39, 0.29) is 6.09 Å². The number of hydrogen-bond acceptors (Lipinski definition) is 3. The number of benzene rings is 1. The lowest BCUT2D eigenvalue weighted by molar-refractivity contribution is -0.137. The zero-order valence-corrected chi connectivity index (χ0v) is 15.8. The van der Waals surface area contributed by atoms with E-state index < -0.39 is 17.3 Å². The minimum Gasteiger partial charge on any atom is -0.444 e. The first kappa shape index (κ1) is 19.6. The lowest BCUT2D eigenvalue weighted by atomic mass is 10.2. The van der Waals surface area contributed by atoms with Gasteiger partial charge in [-0.05, 0) is 60.5 Å². The molecule has 1 heterocycles. The number of nitrogens with zero attached hydrogens (tertiary/aromatic N) is 1. The Hall–Kier alpha value is -1.70. The molecule has 25 heavy (non-hydrogen) atoms. The van der Waals surface area contributed by atoms with E-state index in [0.717, 1.165) is 17.7 Å². The smallest absolute Gasteiger partial charge is 0.416 e. The molecule has 1 aliphatic heterocycles. The van der Waals surface area contributed by atoms with E-state index in [4.69, 9.17) is 4.74 Å². The summed E-state index contributed by atoms with van der Waals surface area (Å²) >= 11 is 3.15. The normalized spacial score (nSPS) is 15.2. The van der Waals surface area contributed by atoms with Gasteiger partial charge in [-0.1, -0.05) is 6.08 Å². The van der Waals surface area contributed by atoms with Crippen LogP contribution in [0.3, 0.4) is 0 Å². The van der Waals surface area contributed by atoms with Crippen LogP contribution in [-0.4, -0.2) is 36.2 Å². The van der Waals surface area contributed by atoms with Gasteiger partial charge in [-0.25, -0.2) is 4.79 Å². The van der Waals surface area contributed by atoms with E-state index in [2.05, 4.69) is 21.2 Å². The molecule has 0 fully saturated rings. The second-order valence-electron chi connectivity index (χ2n) is 6.77.